The number of amides is 1. The summed E-state index contributed by atoms with van der Waals surface area (Å²) in [5, 5.41) is 13.3. The summed E-state index contributed by atoms with van der Waals surface area (Å²) in [4.78, 5) is 28.4. The molecule has 1 unspecified atom stereocenters. The van der Waals surface area contributed by atoms with Crippen LogP contribution in [0.1, 0.15) is 29.7 Å². The van der Waals surface area contributed by atoms with Crippen LogP contribution in [-0.4, -0.2) is 35.4 Å². The van der Waals surface area contributed by atoms with Gasteiger partial charge in [-0.05, 0) is 53.1 Å². The summed E-state index contributed by atoms with van der Waals surface area (Å²) in [5.74, 6) is -0.231. The lowest BCUT2D eigenvalue weighted by molar-refractivity contribution is -0.140. The Labute approximate surface area is 215 Å². The highest BCUT2D eigenvalue weighted by Crippen LogP contribution is 2.41. The first kappa shape index (κ1) is 24.1. The molecular formula is C31H27NO5. The number of carbonyl (C=O) groups excluding carboxylic acids is 2. The van der Waals surface area contributed by atoms with Gasteiger partial charge in [0.2, 0.25) is 0 Å². The summed E-state index contributed by atoms with van der Waals surface area (Å²) in [5.41, 5.74) is 2.08. The molecular weight excluding hydrogens is 466 g/mol. The average Bonchev–Trinajstić information content (AvgIpc) is 3.17. The summed E-state index contributed by atoms with van der Waals surface area (Å²) in [6.45, 7) is 2.60. The summed E-state index contributed by atoms with van der Waals surface area (Å²) in [6, 6.07) is 27.0. The zero-order chi connectivity index (χ0) is 25.9. The van der Waals surface area contributed by atoms with Crippen molar-refractivity contribution in [2.75, 3.05) is 13.7 Å². The lowest BCUT2D eigenvalue weighted by Crippen LogP contribution is -2.29. The molecule has 1 aliphatic rings. The van der Waals surface area contributed by atoms with Crippen molar-refractivity contribution < 1.29 is 24.2 Å². The Balaban J connectivity index is 1.66. The topological polar surface area (TPSA) is 76.1 Å². The molecule has 1 saturated heterocycles. The normalized spacial score (nSPS) is 16.8. The molecule has 0 spiro atoms. The van der Waals surface area contributed by atoms with E-state index in [0.29, 0.717) is 29.2 Å². The van der Waals surface area contributed by atoms with E-state index in [4.69, 9.17) is 9.47 Å². The highest BCUT2D eigenvalue weighted by atomic mass is 16.5. The summed E-state index contributed by atoms with van der Waals surface area (Å²) in [7, 11) is 1.58. The number of fused-ring (bicyclic) bond motifs is 1. The highest BCUT2D eigenvalue weighted by Gasteiger charge is 2.46. The van der Waals surface area contributed by atoms with Crippen LogP contribution < -0.4 is 9.47 Å². The van der Waals surface area contributed by atoms with E-state index in [1.807, 2.05) is 79.7 Å². The molecule has 0 aliphatic carbocycles. The quantitative estimate of drug-likeness (QED) is 0.198. The average molecular weight is 494 g/mol. The maximum Gasteiger partial charge on any atom is 0.295 e. The van der Waals surface area contributed by atoms with E-state index in [9.17, 15) is 14.7 Å². The molecule has 1 atom stereocenters. The van der Waals surface area contributed by atoms with Crippen molar-refractivity contribution in [1.82, 2.24) is 4.90 Å². The molecule has 37 heavy (non-hydrogen) atoms. The van der Waals surface area contributed by atoms with Crippen molar-refractivity contribution in [1.29, 1.82) is 0 Å². The lowest BCUT2D eigenvalue weighted by atomic mass is 9.93. The number of ketones is 1. The number of benzene rings is 4. The number of rotatable bonds is 7. The largest absolute Gasteiger partial charge is 0.507 e. The Hall–Kier alpha value is -4.58. The van der Waals surface area contributed by atoms with Crippen molar-refractivity contribution in [2.24, 2.45) is 0 Å². The molecule has 1 aliphatic heterocycles. The smallest absolute Gasteiger partial charge is 0.295 e. The van der Waals surface area contributed by atoms with Crippen LogP contribution in [-0.2, 0) is 16.1 Å². The minimum Gasteiger partial charge on any atom is -0.507 e. The Morgan fingerprint density at radius 2 is 1.62 bits per heavy atom. The van der Waals surface area contributed by atoms with E-state index in [1.54, 1.807) is 25.3 Å². The fraction of sp³-hybridized carbons (Fsp3) is 0.161. The number of nitrogens with zero attached hydrogens (tertiary/aromatic N) is 1. The van der Waals surface area contributed by atoms with Crippen molar-refractivity contribution in [3.8, 4) is 11.5 Å². The third-order valence-electron chi connectivity index (χ3n) is 6.58. The Bertz CT molecular complexity index is 1500. The van der Waals surface area contributed by atoms with Gasteiger partial charge in [-0.15, -0.1) is 0 Å². The van der Waals surface area contributed by atoms with Crippen LogP contribution in [0.25, 0.3) is 16.5 Å². The van der Waals surface area contributed by atoms with Crippen molar-refractivity contribution in [2.45, 2.75) is 19.5 Å². The SMILES string of the molecule is CCOc1cccc(CN2C(=O)C(=O)/C(=C(\O)c3cccc4ccccc34)C2c2ccc(OC)cc2)c1. The molecule has 6 heteroatoms. The van der Waals surface area contributed by atoms with Crippen LogP contribution in [0.4, 0.5) is 0 Å². The lowest BCUT2D eigenvalue weighted by Gasteiger charge is -2.26. The number of hydrogen-bond donors (Lipinski definition) is 1. The minimum atomic E-state index is -0.777. The second kappa shape index (κ2) is 10.2. The molecule has 1 heterocycles. The molecule has 4 aromatic rings. The van der Waals surface area contributed by atoms with Crippen LogP contribution in [0.2, 0.25) is 0 Å². The van der Waals surface area contributed by atoms with Crippen molar-refractivity contribution in [3.05, 3.63) is 113 Å². The standard InChI is InChI=1S/C31H27NO5/c1-3-37-24-11-6-8-20(18-24)19-32-28(22-14-16-23(36-2)17-15-22)27(30(34)31(32)35)29(33)26-13-7-10-21-9-4-5-12-25(21)26/h4-18,28,33H,3,19H2,1-2H3/b29-27-. The van der Waals surface area contributed by atoms with Gasteiger partial charge in [-0.3, -0.25) is 9.59 Å². The van der Waals surface area contributed by atoms with Crippen LogP contribution in [0, 0.1) is 0 Å². The fourth-order valence-electron chi connectivity index (χ4n) is 4.85. The number of likely N-dealkylation sites (tertiary alicyclic amines) is 1. The number of ether oxygens (including phenoxy) is 2. The van der Waals surface area contributed by atoms with E-state index in [0.717, 1.165) is 16.3 Å². The zero-order valence-corrected chi connectivity index (χ0v) is 20.7. The first-order valence-electron chi connectivity index (χ1n) is 12.1. The van der Waals surface area contributed by atoms with Gasteiger partial charge in [-0.25, -0.2) is 0 Å². The van der Waals surface area contributed by atoms with Gasteiger partial charge in [0.25, 0.3) is 11.7 Å². The van der Waals surface area contributed by atoms with Crippen molar-refractivity contribution >= 4 is 28.2 Å². The van der Waals surface area contributed by atoms with Crippen LogP contribution >= 0.6 is 0 Å². The van der Waals surface area contributed by atoms with Crippen LogP contribution in [0.3, 0.4) is 0 Å². The van der Waals surface area contributed by atoms with Crippen molar-refractivity contribution in [3.63, 3.8) is 0 Å². The molecule has 0 bridgehead atoms. The molecule has 5 rings (SSSR count). The molecule has 0 saturated carbocycles. The molecule has 186 valence electrons. The number of hydrogen-bond acceptors (Lipinski definition) is 5. The second-order valence-corrected chi connectivity index (χ2v) is 8.81. The highest BCUT2D eigenvalue weighted by molar-refractivity contribution is 6.46. The van der Waals surface area contributed by atoms with Crippen LogP contribution in [0.15, 0.2) is 96.6 Å². The molecule has 4 aromatic carbocycles. The first-order valence-corrected chi connectivity index (χ1v) is 12.1. The fourth-order valence-corrected chi connectivity index (χ4v) is 4.85. The van der Waals surface area contributed by atoms with Gasteiger partial charge in [-0.2, -0.15) is 0 Å². The summed E-state index contributed by atoms with van der Waals surface area (Å²) in [6.07, 6.45) is 0. The van der Waals surface area contributed by atoms with Gasteiger partial charge >= 0.3 is 0 Å². The molecule has 6 nitrogen and oxygen atoms in total. The monoisotopic (exact) mass is 493 g/mol. The van der Waals surface area contributed by atoms with Gasteiger partial charge in [0, 0.05) is 12.1 Å². The molecule has 1 fully saturated rings. The maximum absolute atomic E-state index is 13.5. The van der Waals surface area contributed by atoms with Crippen LogP contribution in [0.5, 0.6) is 11.5 Å². The number of aliphatic hydroxyl groups is 1. The summed E-state index contributed by atoms with van der Waals surface area (Å²) >= 11 is 0. The molecule has 0 aromatic heterocycles. The van der Waals surface area contributed by atoms with Gasteiger partial charge in [-0.1, -0.05) is 66.7 Å². The van der Waals surface area contributed by atoms with E-state index in [2.05, 4.69) is 0 Å². The third-order valence-corrected chi connectivity index (χ3v) is 6.58. The Kier molecular flexibility index (Phi) is 6.64. The molecule has 1 N–H and O–H groups in total. The van der Waals surface area contributed by atoms with Gasteiger partial charge in [0.05, 0.1) is 25.3 Å². The third kappa shape index (κ3) is 4.54. The Morgan fingerprint density at radius 1 is 0.892 bits per heavy atom. The van der Waals surface area contributed by atoms with Gasteiger partial charge in [0.1, 0.15) is 17.3 Å². The van der Waals surface area contributed by atoms with Gasteiger partial charge < -0.3 is 19.5 Å². The van der Waals surface area contributed by atoms with E-state index in [-0.39, 0.29) is 17.9 Å². The zero-order valence-electron chi connectivity index (χ0n) is 20.7. The second-order valence-electron chi connectivity index (χ2n) is 8.81. The Morgan fingerprint density at radius 3 is 2.38 bits per heavy atom. The number of Topliss-reactive ketones (excluding diaryl/α,β-unsaturated/α-hetero) is 1. The minimum absolute atomic E-state index is 0.0625. The first-order chi connectivity index (χ1) is 18.0. The van der Waals surface area contributed by atoms with E-state index >= 15 is 0 Å². The van der Waals surface area contributed by atoms with E-state index in [1.165, 1.54) is 4.90 Å². The number of carbonyl (C=O) groups is 2. The van der Waals surface area contributed by atoms with Gasteiger partial charge in [0.15, 0.2) is 0 Å². The predicted octanol–water partition coefficient (Wildman–Crippen LogP) is 5.87. The number of methoxy groups -OCH3 is 1. The predicted molar refractivity (Wildman–Crippen MR) is 142 cm³/mol. The maximum atomic E-state index is 13.5. The molecule has 0 radical (unpaired) electrons. The number of aliphatic hydroxyl groups excluding tert-OH is 1. The summed E-state index contributed by atoms with van der Waals surface area (Å²) < 4.78 is 10.9. The van der Waals surface area contributed by atoms with E-state index < -0.39 is 17.7 Å². The molecule has 1 amide bonds.